The Balaban J connectivity index is 1.72. The Morgan fingerprint density at radius 1 is 1.06 bits per heavy atom. The third-order valence-corrected chi connectivity index (χ3v) is 6.67. The first-order chi connectivity index (χ1) is 16.4. The summed E-state index contributed by atoms with van der Waals surface area (Å²) < 4.78 is 13.2. The summed E-state index contributed by atoms with van der Waals surface area (Å²) in [6, 6.07) is 22.5. The zero-order valence-corrected chi connectivity index (χ0v) is 19.5. The second kappa shape index (κ2) is 9.94. The normalized spacial score (nSPS) is 16.8. The van der Waals surface area contributed by atoms with E-state index in [-0.39, 0.29) is 16.5 Å². The first-order valence-electron chi connectivity index (χ1n) is 10.7. The first-order valence-corrected chi connectivity index (χ1v) is 11.6. The van der Waals surface area contributed by atoms with E-state index in [1.54, 1.807) is 12.1 Å². The lowest BCUT2D eigenvalue weighted by Gasteiger charge is -2.19. The van der Waals surface area contributed by atoms with Crippen LogP contribution >= 0.6 is 11.8 Å². The molecule has 170 valence electrons. The lowest BCUT2D eigenvalue weighted by atomic mass is 10.1. The van der Waals surface area contributed by atoms with E-state index in [2.05, 4.69) is 5.32 Å². The highest BCUT2D eigenvalue weighted by molar-refractivity contribution is 8.05. The fourth-order valence-corrected chi connectivity index (χ4v) is 5.00. The van der Waals surface area contributed by atoms with E-state index in [0.29, 0.717) is 17.8 Å². The summed E-state index contributed by atoms with van der Waals surface area (Å²) in [5.41, 5.74) is 3.90. The summed E-state index contributed by atoms with van der Waals surface area (Å²) in [7, 11) is 0. The van der Waals surface area contributed by atoms with Crippen LogP contribution in [-0.4, -0.2) is 17.1 Å². The molecule has 0 bridgehead atoms. The Morgan fingerprint density at radius 2 is 1.76 bits per heavy atom. The minimum absolute atomic E-state index is 0.171. The quantitative estimate of drug-likeness (QED) is 0.394. The van der Waals surface area contributed by atoms with Crippen LogP contribution in [0.15, 0.2) is 83.4 Å². The molecule has 5 nitrogen and oxygen atoms in total. The van der Waals surface area contributed by atoms with Gasteiger partial charge in [-0.2, -0.15) is 5.26 Å². The van der Waals surface area contributed by atoms with Gasteiger partial charge in [0.05, 0.1) is 5.25 Å². The number of halogens is 1. The second-order valence-electron chi connectivity index (χ2n) is 8.06. The van der Waals surface area contributed by atoms with Gasteiger partial charge in [-0.1, -0.05) is 59.3 Å². The average Bonchev–Trinajstić information content (AvgIpc) is 3.12. The molecule has 34 heavy (non-hydrogen) atoms. The van der Waals surface area contributed by atoms with Crippen molar-refractivity contribution in [1.29, 1.82) is 5.26 Å². The topological polar surface area (TPSA) is 73.2 Å². The van der Waals surface area contributed by atoms with Crippen molar-refractivity contribution in [2.24, 2.45) is 0 Å². The fraction of sp³-hybridized carbons (Fsp3) is 0.148. The Hall–Kier alpha value is -3.89. The number of carbonyl (C=O) groups is 2. The van der Waals surface area contributed by atoms with Crippen LogP contribution in [0.25, 0.3) is 0 Å². The fourth-order valence-electron chi connectivity index (χ4n) is 3.70. The van der Waals surface area contributed by atoms with Gasteiger partial charge < -0.3 is 5.32 Å². The van der Waals surface area contributed by atoms with Crippen LogP contribution in [0.1, 0.15) is 16.7 Å². The van der Waals surface area contributed by atoms with Gasteiger partial charge in [0.1, 0.15) is 22.5 Å². The summed E-state index contributed by atoms with van der Waals surface area (Å²) in [4.78, 5) is 28.0. The SMILES string of the molecule is Cc1ccc(N2C(=O)[C@H](Cc3cccc(C)c3)S/C2=C(\C#N)C(=O)Nc2ccc(F)cc2)cc1. The largest absolute Gasteiger partial charge is 0.321 e. The van der Waals surface area contributed by atoms with Crippen molar-refractivity contribution in [3.05, 3.63) is 106 Å². The maximum absolute atomic E-state index is 13.5. The van der Waals surface area contributed by atoms with E-state index < -0.39 is 17.0 Å². The molecule has 0 saturated carbocycles. The zero-order chi connectivity index (χ0) is 24.2. The lowest BCUT2D eigenvalue weighted by molar-refractivity contribution is -0.117. The predicted molar refractivity (Wildman–Crippen MR) is 133 cm³/mol. The zero-order valence-electron chi connectivity index (χ0n) is 18.7. The van der Waals surface area contributed by atoms with Crippen molar-refractivity contribution in [3.63, 3.8) is 0 Å². The summed E-state index contributed by atoms with van der Waals surface area (Å²) in [5, 5.41) is 12.3. The highest BCUT2D eigenvalue weighted by Crippen LogP contribution is 2.42. The number of aryl methyl sites for hydroxylation is 2. The van der Waals surface area contributed by atoms with Crippen molar-refractivity contribution in [2.45, 2.75) is 25.5 Å². The molecule has 1 fully saturated rings. The summed E-state index contributed by atoms with van der Waals surface area (Å²) in [5.74, 6) is -1.27. The summed E-state index contributed by atoms with van der Waals surface area (Å²) in [6.07, 6.45) is 0.468. The van der Waals surface area contributed by atoms with E-state index in [0.717, 1.165) is 16.7 Å². The number of rotatable bonds is 5. The Kier molecular flexibility index (Phi) is 6.80. The molecule has 7 heteroatoms. The average molecular weight is 472 g/mol. The Morgan fingerprint density at radius 3 is 2.41 bits per heavy atom. The van der Waals surface area contributed by atoms with Crippen molar-refractivity contribution in [2.75, 3.05) is 10.2 Å². The number of anilines is 2. The van der Waals surface area contributed by atoms with Crippen LogP contribution in [0, 0.1) is 31.0 Å². The van der Waals surface area contributed by atoms with E-state index in [4.69, 9.17) is 0 Å². The molecule has 0 aliphatic carbocycles. The van der Waals surface area contributed by atoms with Gasteiger partial charge in [-0.3, -0.25) is 14.5 Å². The van der Waals surface area contributed by atoms with Crippen LogP contribution in [0.4, 0.5) is 15.8 Å². The number of nitrogens with one attached hydrogen (secondary N) is 1. The van der Waals surface area contributed by atoms with Gasteiger partial charge in [0.2, 0.25) is 5.91 Å². The molecule has 1 aliphatic rings. The smallest absolute Gasteiger partial charge is 0.269 e. The van der Waals surface area contributed by atoms with E-state index in [1.165, 1.54) is 40.9 Å². The second-order valence-corrected chi connectivity index (χ2v) is 9.25. The van der Waals surface area contributed by atoms with Crippen LogP contribution < -0.4 is 10.2 Å². The predicted octanol–water partition coefficient (Wildman–Crippen LogP) is 5.51. The number of amides is 2. The molecule has 1 aliphatic heterocycles. The number of hydrogen-bond donors (Lipinski definition) is 1. The molecular formula is C27H22FN3O2S. The minimum Gasteiger partial charge on any atom is -0.321 e. The molecule has 1 N–H and O–H groups in total. The summed E-state index contributed by atoms with van der Waals surface area (Å²) >= 11 is 1.21. The molecule has 1 atom stereocenters. The molecule has 2 amide bonds. The molecule has 3 aromatic rings. The number of nitriles is 1. The number of benzene rings is 3. The highest BCUT2D eigenvalue weighted by Gasteiger charge is 2.40. The number of nitrogens with zero attached hydrogens (tertiary/aromatic N) is 2. The maximum atomic E-state index is 13.5. The Bertz CT molecular complexity index is 1310. The van der Waals surface area contributed by atoms with Gasteiger partial charge in [-0.15, -0.1) is 0 Å². The van der Waals surface area contributed by atoms with Gasteiger partial charge in [-0.05, 0) is 62.2 Å². The highest BCUT2D eigenvalue weighted by atomic mass is 32.2. The van der Waals surface area contributed by atoms with Crippen molar-refractivity contribution in [3.8, 4) is 6.07 Å². The maximum Gasteiger partial charge on any atom is 0.269 e. The van der Waals surface area contributed by atoms with Crippen LogP contribution in [0.2, 0.25) is 0 Å². The van der Waals surface area contributed by atoms with E-state index in [1.807, 2.05) is 56.3 Å². The van der Waals surface area contributed by atoms with Crippen LogP contribution in [0.3, 0.4) is 0 Å². The molecule has 0 unspecified atom stereocenters. The third-order valence-electron chi connectivity index (χ3n) is 5.40. The van der Waals surface area contributed by atoms with E-state index >= 15 is 0 Å². The van der Waals surface area contributed by atoms with E-state index in [9.17, 15) is 19.2 Å². The molecule has 4 rings (SSSR count). The Labute approximate surface area is 201 Å². The van der Waals surface area contributed by atoms with Crippen LogP contribution in [-0.2, 0) is 16.0 Å². The van der Waals surface area contributed by atoms with Gasteiger partial charge in [0.15, 0.2) is 0 Å². The van der Waals surface area contributed by atoms with Gasteiger partial charge in [-0.25, -0.2) is 4.39 Å². The standard InChI is InChI=1S/C27H22FN3O2S/c1-17-6-12-22(13-7-17)31-26(33)24(15-19-5-3-4-18(2)14-19)34-27(31)23(16-29)25(32)30-21-10-8-20(28)9-11-21/h3-14,24H,15H2,1-2H3,(H,30,32)/b27-23+/t24-/m0/s1. The minimum atomic E-state index is -0.655. The van der Waals surface area contributed by atoms with Gasteiger partial charge in [0, 0.05) is 11.4 Å². The molecular weight excluding hydrogens is 449 g/mol. The number of hydrogen-bond acceptors (Lipinski definition) is 4. The monoisotopic (exact) mass is 471 g/mol. The molecule has 1 heterocycles. The molecule has 3 aromatic carbocycles. The first kappa shape index (κ1) is 23.3. The molecule has 0 radical (unpaired) electrons. The summed E-state index contributed by atoms with van der Waals surface area (Å²) in [6.45, 7) is 3.93. The van der Waals surface area contributed by atoms with Gasteiger partial charge in [0.25, 0.3) is 5.91 Å². The number of carbonyl (C=O) groups excluding carboxylic acids is 2. The van der Waals surface area contributed by atoms with Crippen LogP contribution in [0.5, 0.6) is 0 Å². The van der Waals surface area contributed by atoms with Gasteiger partial charge >= 0.3 is 0 Å². The molecule has 0 spiro atoms. The van der Waals surface area contributed by atoms with Crippen molar-refractivity contribution in [1.82, 2.24) is 0 Å². The number of thioether (sulfide) groups is 1. The third kappa shape index (κ3) is 5.03. The molecule has 1 saturated heterocycles. The van der Waals surface area contributed by atoms with Crippen molar-refractivity contribution < 1.29 is 14.0 Å². The van der Waals surface area contributed by atoms with Crippen molar-refractivity contribution >= 4 is 35.0 Å². The molecule has 0 aromatic heterocycles. The lowest BCUT2D eigenvalue weighted by Crippen LogP contribution is -2.30.